The molecule has 0 heterocycles. The average Bonchev–Trinajstić information content (AvgIpc) is 2.42. The van der Waals surface area contributed by atoms with E-state index >= 15 is 0 Å². The minimum absolute atomic E-state index is 0.0674. The molecule has 0 aromatic heterocycles. The largest absolute Gasteiger partial charge is 0.392 e. The van der Waals surface area contributed by atoms with Gasteiger partial charge >= 0.3 is 0 Å². The van der Waals surface area contributed by atoms with Crippen LogP contribution in [0.3, 0.4) is 0 Å². The van der Waals surface area contributed by atoms with E-state index in [2.05, 4.69) is 12.2 Å². The average molecular weight is 264 g/mol. The lowest BCUT2D eigenvalue weighted by atomic mass is 10.1. The highest BCUT2D eigenvalue weighted by Crippen LogP contribution is 2.14. The van der Waals surface area contributed by atoms with Gasteiger partial charge in [-0.3, -0.25) is 4.79 Å². The molecule has 1 amide bonds. The van der Waals surface area contributed by atoms with E-state index < -0.39 is 0 Å². The second kappa shape index (κ2) is 7.92. The van der Waals surface area contributed by atoms with E-state index in [9.17, 15) is 4.79 Å². The van der Waals surface area contributed by atoms with E-state index in [4.69, 9.17) is 5.11 Å². The molecule has 0 spiro atoms. The topological polar surface area (TPSA) is 52.6 Å². The third-order valence-electron chi connectivity index (χ3n) is 3.15. The Morgan fingerprint density at radius 3 is 2.79 bits per heavy atom. The standard InChI is InChI=1S/C15H24N2O2/c1-12(14-7-4-6-13(10-14)11-18)16-9-5-8-15(19)17(2)3/h4,6-7,10,12,16,18H,5,8-9,11H2,1-3H3. The SMILES string of the molecule is CC(NCCCC(=O)N(C)C)c1cccc(CO)c1. The molecular formula is C15H24N2O2. The van der Waals surface area contributed by atoms with Crippen molar-refractivity contribution in [2.75, 3.05) is 20.6 Å². The molecule has 19 heavy (non-hydrogen) atoms. The van der Waals surface area contributed by atoms with Gasteiger partial charge in [-0.15, -0.1) is 0 Å². The smallest absolute Gasteiger partial charge is 0.222 e. The summed E-state index contributed by atoms with van der Waals surface area (Å²) >= 11 is 0. The quantitative estimate of drug-likeness (QED) is 0.737. The molecule has 4 heteroatoms. The van der Waals surface area contributed by atoms with Gasteiger partial charge in [0.05, 0.1) is 6.61 Å². The Morgan fingerprint density at radius 1 is 1.42 bits per heavy atom. The molecule has 0 fully saturated rings. The van der Waals surface area contributed by atoms with Gasteiger partial charge in [0.2, 0.25) is 5.91 Å². The fourth-order valence-electron chi connectivity index (χ4n) is 1.86. The zero-order chi connectivity index (χ0) is 14.3. The molecule has 1 aromatic rings. The van der Waals surface area contributed by atoms with Crippen LogP contribution in [-0.2, 0) is 11.4 Å². The number of hydrogen-bond donors (Lipinski definition) is 2. The summed E-state index contributed by atoms with van der Waals surface area (Å²) in [5.74, 6) is 0.164. The van der Waals surface area contributed by atoms with Crippen LogP contribution in [0.5, 0.6) is 0 Å². The van der Waals surface area contributed by atoms with Gasteiger partial charge in [-0.2, -0.15) is 0 Å². The third-order valence-corrected chi connectivity index (χ3v) is 3.15. The Kier molecular flexibility index (Phi) is 6.53. The highest BCUT2D eigenvalue weighted by Gasteiger charge is 2.06. The Morgan fingerprint density at radius 2 is 2.16 bits per heavy atom. The van der Waals surface area contributed by atoms with Crippen LogP contribution in [-0.4, -0.2) is 36.6 Å². The molecule has 0 aliphatic carbocycles. The molecule has 106 valence electrons. The zero-order valence-electron chi connectivity index (χ0n) is 12.0. The van der Waals surface area contributed by atoms with Crippen molar-refractivity contribution in [1.82, 2.24) is 10.2 Å². The number of benzene rings is 1. The fraction of sp³-hybridized carbons (Fsp3) is 0.533. The minimum atomic E-state index is 0.0674. The lowest BCUT2D eigenvalue weighted by Gasteiger charge is -2.15. The second-order valence-electron chi connectivity index (χ2n) is 4.97. The predicted octanol–water partition coefficient (Wildman–Crippen LogP) is 1.70. The maximum Gasteiger partial charge on any atom is 0.222 e. The molecule has 0 aliphatic rings. The molecule has 1 atom stereocenters. The summed E-state index contributed by atoms with van der Waals surface area (Å²) in [7, 11) is 3.55. The molecular weight excluding hydrogens is 240 g/mol. The van der Waals surface area contributed by atoms with E-state index in [-0.39, 0.29) is 18.6 Å². The number of carbonyl (C=O) groups is 1. The van der Waals surface area contributed by atoms with Crippen LogP contribution in [0.2, 0.25) is 0 Å². The van der Waals surface area contributed by atoms with Crippen molar-refractivity contribution in [3.8, 4) is 0 Å². The molecule has 0 saturated heterocycles. The lowest BCUT2D eigenvalue weighted by molar-refractivity contribution is -0.128. The van der Waals surface area contributed by atoms with Crippen molar-refractivity contribution in [3.05, 3.63) is 35.4 Å². The Hall–Kier alpha value is -1.39. The Labute approximate surface area is 115 Å². The van der Waals surface area contributed by atoms with Crippen LogP contribution in [0.15, 0.2) is 24.3 Å². The highest BCUT2D eigenvalue weighted by atomic mass is 16.3. The lowest BCUT2D eigenvalue weighted by Crippen LogP contribution is -2.24. The van der Waals surface area contributed by atoms with E-state index in [1.165, 1.54) is 0 Å². The van der Waals surface area contributed by atoms with Gasteiger partial charge < -0.3 is 15.3 Å². The summed E-state index contributed by atoms with van der Waals surface area (Å²) in [6.45, 7) is 2.96. The summed E-state index contributed by atoms with van der Waals surface area (Å²) in [6.07, 6.45) is 1.41. The highest BCUT2D eigenvalue weighted by molar-refractivity contribution is 5.75. The molecule has 1 unspecified atom stereocenters. The van der Waals surface area contributed by atoms with Gasteiger partial charge in [0.15, 0.2) is 0 Å². The Bertz CT molecular complexity index is 405. The van der Waals surface area contributed by atoms with Crippen LogP contribution in [0.25, 0.3) is 0 Å². The first-order valence-electron chi connectivity index (χ1n) is 6.68. The minimum Gasteiger partial charge on any atom is -0.392 e. The van der Waals surface area contributed by atoms with Crippen LogP contribution < -0.4 is 5.32 Å². The summed E-state index contributed by atoms with van der Waals surface area (Å²) in [4.78, 5) is 13.0. The maximum atomic E-state index is 11.4. The number of carbonyl (C=O) groups excluding carboxylic acids is 1. The number of amides is 1. The van der Waals surface area contributed by atoms with E-state index in [1.807, 2.05) is 24.3 Å². The van der Waals surface area contributed by atoms with Crippen LogP contribution in [0, 0.1) is 0 Å². The van der Waals surface area contributed by atoms with Crippen LogP contribution in [0.1, 0.15) is 36.9 Å². The fourth-order valence-corrected chi connectivity index (χ4v) is 1.86. The van der Waals surface area contributed by atoms with Crippen molar-refractivity contribution < 1.29 is 9.90 Å². The van der Waals surface area contributed by atoms with Crippen molar-refractivity contribution in [2.24, 2.45) is 0 Å². The van der Waals surface area contributed by atoms with Gasteiger partial charge in [0.25, 0.3) is 0 Å². The molecule has 1 aromatic carbocycles. The first-order valence-corrected chi connectivity index (χ1v) is 6.68. The summed E-state index contributed by atoms with van der Waals surface area (Å²) in [6, 6.07) is 8.13. The van der Waals surface area contributed by atoms with Gasteiger partial charge in [-0.05, 0) is 31.0 Å². The zero-order valence-corrected chi connectivity index (χ0v) is 12.0. The van der Waals surface area contributed by atoms with E-state index in [0.717, 1.165) is 24.1 Å². The predicted molar refractivity (Wildman–Crippen MR) is 76.7 cm³/mol. The molecule has 4 nitrogen and oxygen atoms in total. The number of rotatable bonds is 7. The number of nitrogens with zero attached hydrogens (tertiary/aromatic N) is 1. The molecule has 1 rings (SSSR count). The Balaban J connectivity index is 2.34. The second-order valence-corrected chi connectivity index (χ2v) is 4.97. The molecule has 0 radical (unpaired) electrons. The van der Waals surface area contributed by atoms with Crippen molar-refractivity contribution in [2.45, 2.75) is 32.4 Å². The molecule has 2 N–H and O–H groups in total. The monoisotopic (exact) mass is 264 g/mol. The summed E-state index contributed by atoms with van der Waals surface area (Å²) < 4.78 is 0. The van der Waals surface area contributed by atoms with Crippen molar-refractivity contribution in [3.63, 3.8) is 0 Å². The molecule has 0 aliphatic heterocycles. The summed E-state index contributed by atoms with van der Waals surface area (Å²) in [5.41, 5.74) is 2.08. The molecule has 0 saturated carbocycles. The first-order chi connectivity index (χ1) is 9.04. The number of nitrogens with one attached hydrogen (secondary N) is 1. The van der Waals surface area contributed by atoms with Gasteiger partial charge in [0, 0.05) is 26.6 Å². The van der Waals surface area contributed by atoms with Gasteiger partial charge in [-0.1, -0.05) is 24.3 Å². The number of aliphatic hydroxyl groups is 1. The summed E-state index contributed by atoms with van der Waals surface area (Å²) in [5, 5.41) is 12.5. The van der Waals surface area contributed by atoms with E-state index in [1.54, 1.807) is 19.0 Å². The van der Waals surface area contributed by atoms with Crippen LogP contribution in [0.4, 0.5) is 0 Å². The number of aliphatic hydroxyl groups excluding tert-OH is 1. The maximum absolute atomic E-state index is 11.4. The normalized spacial score (nSPS) is 12.2. The van der Waals surface area contributed by atoms with Gasteiger partial charge in [0.1, 0.15) is 0 Å². The third kappa shape index (κ3) is 5.41. The van der Waals surface area contributed by atoms with E-state index in [0.29, 0.717) is 6.42 Å². The van der Waals surface area contributed by atoms with Crippen molar-refractivity contribution >= 4 is 5.91 Å². The molecule has 0 bridgehead atoms. The van der Waals surface area contributed by atoms with Gasteiger partial charge in [-0.25, -0.2) is 0 Å². The van der Waals surface area contributed by atoms with Crippen LogP contribution >= 0.6 is 0 Å². The number of hydrogen-bond acceptors (Lipinski definition) is 3. The first kappa shape index (κ1) is 15.7. The van der Waals surface area contributed by atoms with Crippen molar-refractivity contribution in [1.29, 1.82) is 0 Å².